The van der Waals surface area contributed by atoms with E-state index in [0.717, 1.165) is 31.1 Å². The van der Waals surface area contributed by atoms with Gasteiger partial charge in [0.2, 0.25) is 5.91 Å². The van der Waals surface area contributed by atoms with Crippen molar-refractivity contribution in [2.75, 3.05) is 50.0 Å². The Hall–Kier alpha value is -2.22. The molecule has 0 spiro atoms. The number of anilines is 1. The van der Waals surface area contributed by atoms with Gasteiger partial charge < -0.3 is 10.2 Å². The summed E-state index contributed by atoms with van der Waals surface area (Å²) in [6, 6.07) is 14.8. The van der Waals surface area contributed by atoms with Gasteiger partial charge in [-0.2, -0.15) is 0 Å². The molecule has 1 N–H and O–H groups in total. The molecule has 2 amide bonds. The molecule has 2 aromatic rings. The van der Waals surface area contributed by atoms with Crippen molar-refractivity contribution in [1.29, 1.82) is 0 Å². The normalized spacial score (nSPS) is 15.6. The number of benzene rings is 2. The van der Waals surface area contributed by atoms with Gasteiger partial charge in [-0.3, -0.25) is 18.7 Å². The van der Waals surface area contributed by atoms with Gasteiger partial charge in [-0.25, -0.2) is 0 Å². The van der Waals surface area contributed by atoms with Gasteiger partial charge in [-0.05, 0) is 48.4 Å². The third kappa shape index (κ3) is 6.65. The molecule has 3 rings (SSSR count). The van der Waals surface area contributed by atoms with Gasteiger partial charge in [-0.1, -0.05) is 23.7 Å². The van der Waals surface area contributed by atoms with E-state index < -0.39 is 10.8 Å². The average molecular weight is 448 g/mol. The number of carbonyl (C=O) groups excluding carboxylic acids is 2. The SMILES string of the molecule is CS(=O)CC(=O)Nc1ccc(C(=O)N2CCN(CCc3ccc(Cl)cc3)CC2)cc1. The summed E-state index contributed by atoms with van der Waals surface area (Å²) in [6.45, 7) is 4.05. The second-order valence-electron chi connectivity index (χ2n) is 7.35. The minimum atomic E-state index is -1.18. The first-order valence-electron chi connectivity index (χ1n) is 9.87. The zero-order valence-corrected chi connectivity index (χ0v) is 18.5. The Balaban J connectivity index is 1.45. The summed E-state index contributed by atoms with van der Waals surface area (Å²) in [5.41, 5.74) is 2.45. The Morgan fingerprint density at radius 2 is 1.63 bits per heavy atom. The summed E-state index contributed by atoms with van der Waals surface area (Å²) in [4.78, 5) is 28.7. The zero-order chi connectivity index (χ0) is 21.5. The van der Waals surface area contributed by atoms with Crippen LogP contribution >= 0.6 is 11.6 Å². The number of nitrogens with one attached hydrogen (secondary N) is 1. The van der Waals surface area contributed by atoms with Gasteiger partial charge in [-0.15, -0.1) is 0 Å². The molecule has 1 aliphatic heterocycles. The van der Waals surface area contributed by atoms with Crippen molar-refractivity contribution < 1.29 is 13.8 Å². The molecule has 0 aromatic heterocycles. The number of carbonyl (C=O) groups is 2. The highest BCUT2D eigenvalue weighted by atomic mass is 35.5. The van der Waals surface area contributed by atoms with Crippen LogP contribution in [0.5, 0.6) is 0 Å². The minimum Gasteiger partial charge on any atom is -0.336 e. The highest BCUT2D eigenvalue weighted by Crippen LogP contribution is 2.14. The lowest BCUT2D eigenvalue weighted by Gasteiger charge is -2.34. The van der Waals surface area contributed by atoms with Crippen LogP contribution in [-0.4, -0.2) is 70.6 Å². The molecule has 1 atom stereocenters. The monoisotopic (exact) mass is 447 g/mol. The third-order valence-corrected chi connectivity index (χ3v) is 5.96. The maximum Gasteiger partial charge on any atom is 0.253 e. The first kappa shape index (κ1) is 22.5. The van der Waals surface area contributed by atoms with E-state index in [1.54, 1.807) is 24.3 Å². The Bertz CT molecular complexity index is 895. The molecule has 1 saturated heterocycles. The highest BCUT2D eigenvalue weighted by molar-refractivity contribution is 7.85. The Labute approximate surface area is 184 Å². The molecule has 1 aliphatic rings. The molecular formula is C22H26ClN3O3S. The third-order valence-electron chi connectivity index (χ3n) is 5.04. The molecule has 0 radical (unpaired) electrons. The van der Waals surface area contributed by atoms with Gasteiger partial charge in [0.15, 0.2) is 0 Å². The molecule has 8 heteroatoms. The Morgan fingerprint density at radius 3 is 2.23 bits per heavy atom. The van der Waals surface area contributed by atoms with E-state index in [1.165, 1.54) is 11.8 Å². The number of piperazine rings is 1. The Morgan fingerprint density at radius 1 is 1.00 bits per heavy atom. The average Bonchev–Trinajstić information content (AvgIpc) is 2.73. The topological polar surface area (TPSA) is 69.7 Å². The van der Waals surface area contributed by atoms with E-state index in [9.17, 15) is 13.8 Å². The Kier molecular flexibility index (Phi) is 8.01. The van der Waals surface area contributed by atoms with Crippen molar-refractivity contribution >= 4 is 39.9 Å². The van der Waals surface area contributed by atoms with Crippen LogP contribution < -0.4 is 5.32 Å². The lowest BCUT2D eigenvalue weighted by Crippen LogP contribution is -2.49. The molecule has 2 aromatic carbocycles. The van der Waals surface area contributed by atoms with E-state index in [-0.39, 0.29) is 17.6 Å². The molecular weight excluding hydrogens is 422 g/mol. The molecule has 1 fully saturated rings. The maximum atomic E-state index is 12.8. The quantitative estimate of drug-likeness (QED) is 0.708. The first-order valence-corrected chi connectivity index (χ1v) is 12.0. The van der Waals surface area contributed by atoms with Gasteiger partial charge in [0, 0.05) is 66.1 Å². The number of nitrogens with zero attached hydrogens (tertiary/aromatic N) is 2. The molecule has 6 nitrogen and oxygen atoms in total. The summed E-state index contributed by atoms with van der Waals surface area (Å²) < 4.78 is 11.1. The van der Waals surface area contributed by atoms with E-state index in [1.807, 2.05) is 17.0 Å². The highest BCUT2D eigenvalue weighted by Gasteiger charge is 2.22. The van der Waals surface area contributed by atoms with Gasteiger partial charge >= 0.3 is 0 Å². The predicted octanol–water partition coefficient (Wildman–Crippen LogP) is 2.66. The fraction of sp³-hybridized carbons (Fsp3) is 0.364. The predicted molar refractivity (Wildman–Crippen MR) is 122 cm³/mol. The largest absolute Gasteiger partial charge is 0.336 e. The standard InChI is InChI=1S/C22H26ClN3O3S/c1-30(29)16-21(27)24-20-8-4-18(5-9-20)22(28)26-14-12-25(13-15-26)11-10-17-2-6-19(23)7-3-17/h2-9H,10-16H2,1H3,(H,24,27). The number of rotatable bonds is 7. The molecule has 0 saturated carbocycles. The van der Waals surface area contributed by atoms with Crippen molar-refractivity contribution in [2.24, 2.45) is 0 Å². The summed E-state index contributed by atoms with van der Waals surface area (Å²) in [6.07, 6.45) is 2.45. The van der Waals surface area contributed by atoms with Gasteiger partial charge in [0.1, 0.15) is 5.75 Å². The first-order chi connectivity index (χ1) is 14.4. The minimum absolute atomic E-state index is 0.000102. The van der Waals surface area contributed by atoms with Crippen molar-refractivity contribution in [3.05, 3.63) is 64.7 Å². The molecule has 1 heterocycles. The lowest BCUT2D eigenvalue weighted by molar-refractivity contribution is -0.113. The van der Waals surface area contributed by atoms with E-state index in [4.69, 9.17) is 11.6 Å². The molecule has 160 valence electrons. The lowest BCUT2D eigenvalue weighted by atomic mass is 10.1. The van der Waals surface area contributed by atoms with Crippen LogP contribution in [0.3, 0.4) is 0 Å². The fourth-order valence-corrected chi connectivity index (χ4v) is 3.94. The van der Waals surface area contributed by atoms with Crippen LogP contribution in [0, 0.1) is 0 Å². The van der Waals surface area contributed by atoms with E-state index >= 15 is 0 Å². The maximum absolute atomic E-state index is 12.8. The van der Waals surface area contributed by atoms with Crippen LogP contribution in [-0.2, 0) is 22.0 Å². The van der Waals surface area contributed by atoms with Crippen LogP contribution in [0.2, 0.25) is 5.02 Å². The molecule has 30 heavy (non-hydrogen) atoms. The van der Waals surface area contributed by atoms with Crippen LogP contribution in [0.4, 0.5) is 5.69 Å². The smallest absolute Gasteiger partial charge is 0.253 e. The van der Waals surface area contributed by atoms with Crippen LogP contribution in [0.25, 0.3) is 0 Å². The van der Waals surface area contributed by atoms with Crippen LogP contribution in [0.1, 0.15) is 15.9 Å². The van der Waals surface area contributed by atoms with Crippen LogP contribution in [0.15, 0.2) is 48.5 Å². The van der Waals surface area contributed by atoms with Gasteiger partial charge in [0.25, 0.3) is 5.91 Å². The number of amides is 2. The number of hydrogen-bond donors (Lipinski definition) is 1. The number of halogens is 1. The van der Waals surface area contributed by atoms with Gasteiger partial charge in [0.05, 0.1) is 0 Å². The van der Waals surface area contributed by atoms with E-state index in [2.05, 4.69) is 22.3 Å². The summed E-state index contributed by atoms with van der Waals surface area (Å²) in [7, 11) is -1.18. The van der Waals surface area contributed by atoms with Crippen molar-refractivity contribution in [1.82, 2.24) is 9.80 Å². The molecule has 0 bridgehead atoms. The zero-order valence-electron chi connectivity index (χ0n) is 17.0. The second kappa shape index (κ2) is 10.7. The fourth-order valence-electron chi connectivity index (χ4n) is 3.37. The summed E-state index contributed by atoms with van der Waals surface area (Å²) >= 11 is 5.93. The second-order valence-corrected chi connectivity index (χ2v) is 9.22. The van der Waals surface area contributed by atoms with Crippen molar-refractivity contribution in [2.45, 2.75) is 6.42 Å². The van der Waals surface area contributed by atoms with E-state index in [0.29, 0.717) is 24.3 Å². The number of hydrogen-bond acceptors (Lipinski definition) is 4. The van der Waals surface area contributed by atoms with Crippen molar-refractivity contribution in [3.63, 3.8) is 0 Å². The summed E-state index contributed by atoms with van der Waals surface area (Å²) in [5.74, 6) is -0.340. The molecule has 1 unspecified atom stereocenters. The molecule has 0 aliphatic carbocycles. The van der Waals surface area contributed by atoms with Crippen molar-refractivity contribution in [3.8, 4) is 0 Å². The summed E-state index contributed by atoms with van der Waals surface area (Å²) in [5, 5.41) is 3.43.